The van der Waals surface area contributed by atoms with Gasteiger partial charge in [0.2, 0.25) is 0 Å². The summed E-state index contributed by atoms with van der Waals surface area (Å²) in [7, 11) is 0. The molecular formula is C9H8BrFN2O2. The van der Waals surface area contributed by atoms with E-state index >= 15 is 0 Å². The zero-order valence-corrected chi connectivity index (χ0v) is 9.20. The highest BCUT2D eigenvalue weighted by Crippen LogP contribution is 2.24. The number of alkyl halides is 1. The van der Waals surface area contributed by atoms with E-state index in [1.54, 1.807) is 6.08 Å². The average Bonchev–Trinajstić information content (AvgIpc) is 2.19. The van der Waals surface area contributed by atoms with Crippen LogP contribution in [0.25, 0.3) is 6.08 Å². The van der Waals surface area contributed by atoms with Gasteiger partial charge in [-0.1, -0.05) is 28.1 Å². The van der Waals surface area contributed by atoms with Crippen molar-refractivity contribution in [1.29, 1.82) is 0 Å². The molecule has 2 N–H and O–H groups in total. The molecule has 0 unspecified atom stereocenters. The Bertz CT molecular complexity index is 421. The number of rotatable bonds is 3. The summed E-state index contributed by atoms with van der Waals surface area (Å²) in [6.45, 7) is 0. The maximum atomic E-state index is 13.2. The molecule has 0 aliphatic rings. The minimum atomic E-state index is -0.779. The monoisotopic (exact) mass is 274 g/mol. The highest BCUT2D eigenvalue weighted by Gasteiger charge is 2.12. The van der Waals surface area contributed by atoms with Crippen LogP contribution in [0, 0.1) is 15.9 Å². The van der Waals surface area contributed by atoms with E-state index in [1.165, 1.54) is 12.1 Å². The van der Waals surface area contributed by atoms with Crippen LogP contribution in [0.5, 0.6) is 0 Å². The van der Waals surface area contributed by atoms with E-state index in [1.807, 2.05) is 0 Å². The molecule has 0 fully saturated rings. The van der Waals surface area contributed by atoms with Gasteiger partial charge in [0, 0.05) is 17.0 Å². The fraction of sp³-hybridized carbons (Fsp3) is 0.111. The summed E-state index contributed by atoms with van der Waals surface area (Å²) in [4.78, 5) is 9.80. The summed E-state index contributed by atoms with van der Waals surface area (Å²) >= 11 is 3.14. The van der Waals surface area contributed by atoms with Crippen LogP contribution in [0.3, 0.4) is 0 Å². The van der Waals surface area contributed by atoms with Gasteiger partial charge in [0.25, 0.3) is 5.69 Å². The first-order valence-corrected chi connectivity index (χ1v) is 5.14. The lowest BCUT2D eigenvalue weighted by Crippen LogP contribution is -1.97. The Morgan fingerprint density at radius 2 is 2.27 bits per heavy atom. The van der Waals surface area contributed by atoms with Gasteiger partial charge in [0.15, 0.2) is 5.82 Å². The zero-order chi connectivity index (χ0) is 11.4. The van der Waals surface area contributed by atoms with Crippen molar-refractivity contribution in [3.05, 3.63) is 39.7 Å². The molecule has 15 heavy (non-hydrogen) atoms. The molecule has 0 radical (unpaired) electrons. The molecule has 0 heterocycles. The lowest BCUT2D eigenvalue weighted by atomic mass is 10.1. The summed E-state index contributed by atoms with van der Waals surface area (Å²) in [6, 6.07) is 2.04. The lowest BCUT2D eigenvalue weighted by Gasteiger charge is -2.01. The fourth-order valence-electron chi connectivity index (χ4n) is 1.04. The molecule has 0 aliphatic heterocycles. The Labute approximate surface area is 93.9 Å². The minimum absolute atomic E-state index is 0.0854. The maximum Gasteiger partial charge on any atom is 0.273 e. The molecular weight excluding hydrogens is 267 g/mol. The Balaban J connectivity index is 3.24. The van der Waals surface area contributed by atoms with Gasteiger partial charge in [-0.3, -0.25) is 10.1 Å². The summed E-state index contributed by atoms with van der Waals surface area (Å²) in [5.41, 5.74) is 5.34. The molecule has 1 aromatic rings. The number of allylic oxidation sites excluding steroid dienone is 1. The van der Waals surface area contributed by atoms with E-state index in [0.717, 1.165) is 6.07 Å². The van der Waals surface area contributed by atoms with E-state index in [2.05, 4.69) is 15.9 Å². The summed E-state index contributed by atoms with van der Waals surface area (Å²) in [5, 5.41) is 11.0. The van der Waals surface area contributed by atoms with Gasteiger partial charge in [0.1, 0.15) is 0 Å². The molecule has 0 amide bonds. The second-order valence-corrected chi connectivity index (χ2v) is 3.39. The Morgan fingerprint density at radius 3 is 2.80 bits per heavy atom. The van der Waals surface area contributed by atoms with Crippen molar-refractivity contribution in [2.45, 2.75) is 0 Å². The molecule has 0 saturated carbocycles. The Kier molecular flexibility index (Phi) is 3.79. The smallest absolute Gasteiger partial charge is 0.273 e. The first-order chi connectivity index (χ1) is 7.06. The highest BCUT2D eigenvalue weighted by molar-refractivity contribution is 9.09. The van der Waals surface area contributed by atoms with Crippen LogP contribution in [0.15, 0.2) is 18.2 Å². The third-order valence-corrected chi connectivity index (χ3v) is 2.12. The van der Waals surface area contributed by atoms with Crippen molar-refractivity contribution in [2.24, 2.45) is 0 Å². The van der Waals surface area contributed by atoms with Gasteiger partial charge in [-0.15, -0.1) is 0 Å². The van der Waals surface area contributed by atoms with Crippen LogP contribution < -0.4 is 5.73 Å². The van der Waals surface area contributed by atoms with E-state index in [0.29, 0.717) is 10.9 Å². The van der Waals surface area contributed by atoms with Crippen LogP contribution in [-0.2, 0) is 0 Å². The van der Waals surface area contributed by atoms with Crippen LogP contribution >= 0.6 is 15.9 Å². The second-order valence-electron chi connectivity index (χ2n) is 2.74. The molecule has 80 valence electrons. The van der Waals surface area contributed by atoms with Crippen molar-refractivity contribution in [1.82, 2.24) is 0 Å². The van der Waals surface area contributed by atoms with Crippen molar-refractivity contribution in [2.75, 3.05) is 11.1 Å². The number of nitro groups is 1. The van der Waals surface area contributed by atoms with Crippen molar-refractivity contribution in [3.63, 3.8) is 0 Å². The van der Waals surface area contributed by atoms with Gasteiger partial charge < -0.3 is 5.73 Å². The molecule has 4 nitrogen and oxygen atoms in total. The fourth-order valence-corrected chi connectivity index (χ4v) is 1.23. The predicted octanol–water partition coefficient (Wildman–Crippen LogP) is 2.72. The van der Waals surface area contributed by atoms with Gasteiger partial charge >= 0.3 is 0 Å². The number of nitro benzene ring substituents is 1. The molecule has 0 atom stereocenters. The van der Waals surface area contributed by atoms with Crippen LogP contribution in [-0.4, -0.2) is 10.3 Å². The van der Waals surface area contributed by atoms with Gasteiger partial charge in [0.05, 0.1) is 16.7 Å². The molecule has 0 aromatic heterocycles. The molecule has 0 spiro atoms. The van der Waals surface area contributed by atoms with Crippen molar-refractivity contribution in [3.8, 4) is 0 Å². The highest BCUT2D eigenvalue weighted by atomic mass is 79.9. The molecule has 0 aliphatic carbocycles. The number of nitrogens with two attached hydrogens (primary N) is 1. The number of anilines is 1. The molecule has 1 aromatic carbocycles. The normalized spacial score (nSPS) is 10.8. The Hall–Kier alpha value is -1.43. The first kappa shape index (κ1) is 11.6. The van der Waals surface area contributed by atoms with Crippen LogP contribution in [0.2, 0.25) is 0 Å². The third kappa shape index (κ3) is 2.76. The number of hydrogen-bond donors (Lipinski definition) is 1. The van der Waals surface area contributed by atoms with E-state index in [-0.39, 0.29) is 11.4 Å². The number of hydrogen-bond acceptors (Lipinski definition) is 3. The summed E-state index contributed by atoms with van der Waals surface area (Å²) in [6.07, 6.45) is 3.20. The topological polar surface area (TPSA) is 69.2 Å². The number of halogens is 2. The van der Waals surface area contributed by atoms with E-state index in [4.69, 9.17) is 5.73 Å². The van der Waals surface area contributed by atoms with Crippen LogP contribution in [0.1, 0.15) is 5.56 Å². The zero-order valence-electron chi connectivity index (χ0n) is 7.61. The van der Waals surface area contributed by atoms with E-state index < -0.39 is 10.7 Å². The average molecular weight is 275 g/mol. The Morgan fingerprint density at radius 1 is 1.60 bits per heavy atom. The summed E-state index contributed by atoms with van der Waals surface area (Å²) < 4.78 is 13.2. The second kappa shape index (κ2) is 4.88. The van der Waals surface area contributed by atoms with Gasteiger partial charge in [-0.25, -0.2) is 4.39 Å². The lowest BCUT2D eigenvalue weighted by molar-refractivity contribution is -0.385. The number of benzene rings is 1. The standard InChI is InChI=1S/C9H8BrFN2O2/c10-3-1-2-6-4-7(13(14)15)5-8(11)9(6)12/h1-2,4-5H,3,12H2. The van der Waals surface area contributed by atoms with Gasteiger partial charge in [-0.2, -0.15) is 0 Å². The van der Waals surface area contributed by atoms with Crippen LogP contribution in [0.4, 0.5) is 15.8 Å². The number of non-ortho nitro benzene ring substituents is 1. The quantitative estimate of drug-likeness (QED) is 0.399. The van der Waals surface area contributed by atoms with Crippen molar-refractivity contribution < 1.29 is 9.31 Å². The maximum absolute atomic E-state index is 13.2. The molecule has 6 heteroatoms. The number of nitrogen functional groups attached to an aromatic ring is 1. The summed E-state index contributed by atoms with van der Waals surface area (Å²) in [5.74, 6) is -0.779. The largest absolute Gasteiger partial charge is 0.396 e. The molecule has 0 saturated heterocycles. The van der Waals surface area contributed by atoms with Crippen molar-refractivity contribution >= 4 is 33.4 Å². The SMILES string of the molecule is Nc1c(F)cc([N+](=O)[O-])cc1C=CCBr. The minimum Gasteiger partial charge on any atom is -0.396 e. The van der Waals surface area contributed by atoms with E-state index in [9.17, 15) is 14.5 Å². The predicted molar refractivity (Wildman–Crippen MR) is 60.3 cm³/mol. The number of nitrogens with zero attached hydrogens (tertiary/aromatic N) is 1. The third-order valence-electron chi connectivity index (χ3n) is 1.74. The van der Waals surface area contributed by atoms with Gasteiger partial charge in [-0.05, 0) is 0 Å². The molecule has 1 rings (SSSR count). The first-order valence-electron chi connectivity index (χ1n) is 4.02. The molecule has 0 bridgehead atoms.